The molecule has 0 aromatic heterocycles. The minimum atomic E-state index is -0.826. The zero-order valence-electron chi connectivity index (χ0n) is 15.5. The third-order valence-corrected chi connectivity index (χ3v) is 4.51. The number of rotatable bonds is 6. The third kappa shape index (κ3) is 19.1. The van der Waals surface area contributed by atoms with Gasteiger partial charge in [-0.05, 0) is 37.5 Å². The first kappa shape index (κ1) is 28.7. The first-order chi connectivity index (χ1) is 10.3. The van der Waals surface area contributed by atoms with Gasteiger partial charge in [-0.1, -0.05) is 63.5 Å². The van der Waals surface area contributed by atoms with Crippen LogP contribution < -0.4 is 0 Å². The molecule has 0 amide bonds. The molecule has 0 aliphatic heterocycles. The first-order valence-corrected chi connectivity index (χ1v) is 14.8. The average molecular weight is 441 g/mol. The van der Waals surface area contributed by atoms with Crippen molar-refractivity contribution in [1.29, 1.82) is 0 Å². The Kier molecular flexibility index (Phi) is 28.7. The van der Waals surface area contributed by atoms with Gasteiger partial charge in [0.15, 0.2) is 0 Å². The van der Waals surface area contributed by atoms with Crippen LogP contribution in [0.2, 0.25) is 0 Å². The predicted octanol–water partition coefficient (Wildman–Crippen LogP) is 8.56. The standard InChI is InChI=1S/2C9H16.2CH3.2ClH.Zr/c2*1-2-3-6-9-7-4-5-8-9;;;;;/h2*2,9H,1,3-8H2;2*1H3;2*1H;/q;;2*-1;;;+4/p-2. The molecule has 2 fully saturated rings. The van der Waals surface area contributed by atoms with E-state index in [1.54, 1.807) is 0 Å². The quantitative estimate of drug-likeness (QED) is 0.287. The minimum absolute atomic E-state index is 0. The van der Waals surface area contributed by atoms with Gasteiger partial charge in [0.1, 0.15) is 0 Å². The van der Waals surface area contributed by atoms with Crippen molar-refractivity contribution in [2.75, 3.05) is 0 Å². The summed E-state index contributed by atoms with van der Waals surface area (Å²) in [6.45, 7) is 7.44. The Hall–Kier alpha value is 0.943. The summed E-state index contributed by atoms with van der Waals surface area (Å²) in [4.78, 5) is 0. The Morgan fingerprint density at radius 1 is 0.739 bits per heavy atom. The summed E-state index contributed by atoms with van der Waals surface area (Å²) in [6.07, 6.45) is 21.1. The van der Waals surface area contributed by atoms with E-state index in [0.717, 1.165) is 11.8 Å². The van der Waals surface area contributed by atoms with Crippen LogP contribution in [0.3, 0.4) is 0 Å². The predicted molar refractivity (Wildman–Crippen MR) is 107 cm³/mol. The van der Waals surface area contributed by atoms with Crippen LogP contribution in [-0.2, 0) is 20.8 Å². The number of hydrogen-bond donors (Lipinski definition) is 0. The fourth-order valence-corrected chi connectivity index (χ4v) is 3.31. The molecule has 0 heterocycles. The number of allylic oxidation sites excluding steroid dienone is 2. The van der Waals surface area contributed by atoms with Crippen LogP contribution in [-0.4, -0.2) is 0 Å². The van der Waals surface area contributed by atoms with E-state index in [1.165, 1.54) is 77.0 Å². The Labute approximate surface area is 166 Å². The zero-order chi connectivity index (χ0) is 15.8. The molecule has 0 bridgehead atoms. The Morgan fingerprint density at radius 2 is 1.00 bits per heavy atom. The van der Waals surface area contributed by atoms with Gasteiger partial charge in [0, 0.05) is 0 Å². The summed E-state index contributed by atoms with van der Waals surface area (Å²) < 4.78 is 0. The van der Waals surface area contributed by atoms with Crippen LogP contribution in [0.1, 0.15) is 77.0 Å². The molecule has 3 heteroatoms. The van der Waals surface area contributed by atoms with Crippen molar-refractivity contribution in [3.05, 3.63) is 40.2 Å². The molecule has 0 aromatic carbocycles. The molecule has 2 saturated carbocycles. The molecule has 136 valence electrons. The van der Waals surface area contributed by atoms with E-state index in [4.69, 9.17) is 17.0 Å². The van der Waals surface area contributed by atoms with Crippen molar-refractivity contribution >= 4 is 17.0 Å². The van der Waals surface area contributed by atoms with Crippen molar-refractivity contribution < 1.29 is 20.8 Å². The average Bonchev–Trinajstić information content (AvgIpc) is 3.18. The summed E-state index contributed by atoms with van der Waals surface area (Å²) in [5.74, 6) is 2.09. The van der Waals surface area contributed by atoms with Crippen LogP contribution in [0.5, 0.6) is 0 Å². The van der Waals surface area contributed by atoms with Gasteiger partial charge in [-0.3, -0.25) is 0 Å². The van der Waals surface area contributed by atoms with E-state index in [2.05, 4.69) is 13.2 Å². The van der Waals surface area contributed by atoms with Gasteiger partial charge in [0.2, 0.25) is 0 Å². The second-order valence-corrected chi connectivity index (χ2v) is 9.84. The summed E-state index contributed by atoms with van der Waals surface area (Å²) in [6, 6.07) is 0. The fraction of sp³-hybridized carbons (Fsp3) is 0.700. The van der Waals surface area contributed by atoms with Crippen molar-refractivity contribution in [2.24, 2.45) is 11.8 Å². The Balaban J connectivity index is -0.000000277. The fourth-order valence-electron chi connectivity index (χ4n) is 3.31. The van der Waals surface area contributed by atoms with Crippen LogP contribution in [0.15, 0.2) is 25.3 Å². The molecule has 2 rings (SSSR count). The van der Waals surface area contributed by atoms with Gasteiger partial charge in [0.05, 0.1) is 0 Å². The monoisotopic (exact) mass is 438 g/mol. The Morgan fingerprint density at radius 3 is 1.22 bits per heavy atom. The molecule has 2 aliphatic carbocycles. The van der Waals surface area contributed by atoms with Crippen LogP contribution >= 0.6 is 17.0 Å². The number of hydrogen-bond acceptors (Lipinski definition) is 0. The molecule has 0 N–H and O–H groups in total. The van der Waals surface area contributed by atoms with Gasteiger partial charge in [-0.2, -0.15) is 0 Å². The van der Waals surface area contributed by atoms with Gasteiger partial charge >= 0.3 is 37.9 Å². The van der Waals surface area contributed by atoms with Crippen LogP contribution in [0.4, 0.5) is 0 Å². The van der Waals surface area contributed by atoms with Crippen molar-refractivity contribution in [2.45, 2.75) is 77.0 Å². The zero-order valence-corrected chi connectivity index (χ0v) is 19.4. The summed E-state index contributed by atoms with van der Waals surface area (Å²) in [5.41, 5.74) is 0. The van der Waals surface area contributed by atoms with Crippen molar-refractivity contribution in [3.8, 4) is 0 Å². The Bertz CT molecular complexity index is 208. The van der Waals surface area contributed by atoms with Gasteiger partial charge < -0.3 is 14.9 Å². The molecule has 23 heavy (non-hydrogen) atoms. The van der Waals surface area contributed by atoms with Crippen molar-refractivity contribution in [1.82, 2.24) is 0 Å². The van der Waals surface area contributed by atoms with E-state index in [1.807, 2.05) is 12.2 Å². The van der Waals surface area contributed by atoms with Gasteiger partial charge in [-0.25, -0.2) is 0 Å². The maximum absolute atomic E-state index is 4.93. The van der Waals surface area contributed by atoms with Gasteiger partial charge in [-0.15, -0.1) is 13.2 Å². The van der Waals surface area contributed by atoms with Crippen LogP contribution in [0.25, 0.3) is 0 Å². The van der Waals surface area contributed by atoms with E-state index < -0.39 is 20.8 Å². The SMILES string of the molecule is C=CCCC1CCCC1.C=CCCC1CCCC1.[CH3-].[CH3-].[Cl][Zr+2][Cl]. The third-order valence-electron chi connectivity index (χ3n) is 4.51. The van der Waals surface area contributed by atoms with Crippen molar-refractivity contribution in [3.63, 3.8) is 0 Å². The van der Waals surface area contributed by atoms with Crippen LogP contribution in [0, 0.1) is 26.7 Å². The van der Waals surface area contributed by atoms with Gasteiger partial charge in [0.25, 0.3) is 0 Å². The molecule has 0 unspecified atom stereocenters. The number of halogens is 2. The first-order valence-electron chi connectivity index (χ1n) is 8.46. The summed E-state index contributed by atoms with van der Waals surface area (Å²) in [5, 5.41) is 0. The van der Waals surface area contributed by atoms with E-state index in [9.17, 15) is 0 Å². The summed E-state index contributed by atoms with van der Waals surface area (Å²) in [7, 11) is 9.87. The molecule has 0 radical (unpaired) electrons. The molecular weight excluding hydrogens is 402 g/mol. The molecule has 0 spiro atoms. The van der Waals surface area contributed by atoms with E-state index >= 15 is 0 Å². The maximum atomic E-state index is 4.93. The second kappa shape index (κ2) is 22.9. The normalized spacial score (nSPS) is 16.4. The molecule has 0 nitrogen and oxygen atoms in total. The molecular formula is C20H38Cl2Zr. The molecule has 2 aliphatic rings. The van der Waals surface area contributed by atoms with E-state index in [-0.39, 0.29) is 14.9 Å². The molecule has 0 atom stereocenters. The topological polar surface area (TPSA) is 0 Å². The second-order valence-electron chi connectivity index (χ2n) is 6.10. The van der Waals surface area contributed by atoms with E-state index in [0.29, 0.717) is 0 Å². The summed E-state index contributed by atoms with van der Waals surface area (Å²) >= 11 is -0.826. The molecule has 0 saturated heterocycles. The molecule has 0 aromatic rings.